The number of ether oxygens (including phenoxy) is 2. The summed E-state index contributed by atoms with van der Waals surface area (Å²) in [4.78, 5) is 1.88. The molecule has 0 aromatic carbocycles. The first kappa shape index (κ1) is 10.9. The summed E-state index contributed by atoms with van der Waals surface area (Å²) in [5, 5.41) is 0. The molecule has 0 rings (SSSR count). The van der Waals surface area contributed by atoms with E-state index in [-0.39, 0.29) is 12.0 Å². The van der Waals surface area contributed by atoms with E-state index in [0.717, 1.165) is 0 Å². The van der Waals surface area contributed by atoms with Crippen molar-refractivity contribution in [2.75, 3.05) is 21.2 Å². The second kappa shape index (κ2) is 4.04. The zero-order valence-electron chi connectivity index (χ0n) is 8.34. The van der Waals surface area contributed by atoms with Gasteiger partial charge in [-0.05, 0) is 34.9 Å². The van der Waals surface area contributed by atoms with E-state index in [1.54, 1.807) is 7.11 Å². The van der Waals surface area contributed by atoms with Gasteiger partial charge in [-0.3, -0.25) is 4.90 Å². The Morgan fingerprint density at radius 2 is 1.64 bits per heavy atom. The van der Waals surface area contributed by atoms with E-state index >= 15 is 0 Å². The molecule has 0 unspecified atom stereocenters. The van der Waals surface area contributed by atoms with Gasteiger partial charge in [0.1, 0.15) is 0 Å². The first-order valence-electron chi connectivity index (χ1n) is 3.74. The molecular formula is C8H19NO2. The van der Waals surface area contributed by atoms with E-state index in [1.807, 2.05) is 39.8 Å². The van der Waals surface area contributed by atoms with Crippen LogP contribution >= 0.6 is 0 Å². The normalized spacial score (nSPS) is 15.5. The van der Waals surface area contributed by atoms with Crippen molar-refractivity contribution in [3.63, 3.8) is 0 Å². The van der Waals surface area contributed by atoms with E-state index in [2.05, 4.69) is 0 Å². The monoisotopic (exact) mass is 161 g/mol. The smallest absolute Gasteiger partial charge is 0.218 e. The van der Waals surface area contributed by atoms with Gasteiger partial charge in [0.15, 0.2) is 0 Å². The van der Waals surface area contributed by atoms with Gasteiger partial charge < -0.3 is 9.47 Å². The highest BCUT2D eigenvalue weighted by Crippen LogP contribution is 2.11. The number of nitrogens with zero attached hydrogens (tertiary/aromatic N) is 1. The van der Waals surface area contributed by atoms with Gasteiger partial charge in [0.25, 0.3) is 0 Å². The molecule has 0 aromatic rings. The van der Waals surface area contributed by atoms with Gasteiger partial charge in [0, 0.05) is 7.11 Å². The fourth-order valence-electron chi connectivity index (χ4n) is 0.667. The molecule has 0 radical (unpaired) electrons. The van der Waals surface area contributed by atoms with Gasteiger partial charge in [0.05, 0.1) is 5.60 Å². The van der Waals surface area contributed by atoms with Crippen molar-refractivity contribution in [2.45, 2.75) is 32.8 Å². The molecule has 3 heteroatoms. The van der Waals surface area contributed by atoms with Crippen molar-refractivity contribution in [3.05, 3.63) is 0 Å². The number of hydrogen-bond acceptors (Lipinski definition) is 3. The van der Waals surface area contributed by atoms with Crippen LogP contribution in [0.5, 0.6) is 0 Å². The fraction of sp³-hybridized carbons (Fsp3) is 1.00. The Morgan fingerprint density at radius 3 is 1.73 bits per heavy atom. The lowest BCUT2D eigenvalue weighted by molar-refractivity contribution is -0.241. The molecule has 3 nitrogen and oxygen atoms in total. The maximum absolute atomic E-state index is 5.55. The summed E-state index contributed by atoms with van der Waals surface area (Å²) in [6, 6.07) is 0. The molecule has 0 heterocycles. The van der Waals surface area contributed by atoms with Crippen LogP contribution in [0.1, 0.15) is 20.8 Å². The number of rotatable bonds is 3. The van der Waals surface area contributed by atoms with Crippen molar-refractivity contribution in [1.29, 1.82) is 0 Å². The van der Waals surface area contributed by atoms with Crippen LogP contribution in [0.15, 0.2) is 0 Å². The number of hydrogen-bond donors (Lipinski definition) is 0. The molecule has 0 saturated carbocycles. The summed E-state index contributed by atoms with van der Waals surface area (Å²) in [7, 11) is 5.47. The van der Waals surface area contributed by atoms with E-state index in [9.17, 15) is 0 Å². The Balaban J connectivity index is 3.88. The SMILES string of the molecule is CO[C@@H](OC(C)(C)C)N(C)C. The highest BCUT2D eigenvalue weighted by Gasteiger charge is 2.19. The van der Waals surface area contributed by atoms with Crippen LogP contribution in [0.2, 0.25) is 0 Å². The van der Waals surface area contributed by atoms with Gasteiger partial charge in [-0.25, -0.2) is 0 Å². The number of methoxy groups -OCH3 is 1. The zero-order valence-corrected chi connectivity index (χ0v) is 8.34. The Labute approximate surface area is 69.3 Å². The standard InChI is InChI=1S/C8H19NO2/c1-8(2,3)11-7(10-6)9(4)5/h7H,1-6H3/t7-/m0/s1. The topological polar surface area (TPSA) is 21.7 Å². The highest BCUT2D eigenvalue weighted by atomic mass is 16.7. The molecule has 68 valence electrons. The molecule has 0 amide bonds. The average Bonchev–Trinajstić information content (AvgIpc) is 1.80. The van der Waals surface area contributed by atoms with Gasteiger partial charge in [0.2, 0.25) is 6.41 Å². The maximum atomic E-state index is 5.55. The lowest BCUT2D eigenvalue weighted by Crippen LogP contribution is -2.38. The minimum absolute atomic E-state index is 0.162. The van der Waals surface area contributed by atoms with Crippen molar-refractivity contribution in [1.82, 2.24) is 4.90 Å². The molecule has 11 heavy (non-hydrogen) atoms. The second-order valence-electron chi connectivity index (χ2n) is 3.74. The van der Waals surface area contributed by atoms with Gasteiger partial charge in [-0.2, -0.15) is 0 Å². The first-order valence-corrected chi connectivity index (χ1v) is 3.74. The summed E-state index contributed by atoms with van der Waals surface area (Å²) in [5.74, 6) is 0. The third-order valence-electron chi connectivity index (χ3n) is 1.08. The molecular weight excluding hydrogens is 142 g/mol. The van der Waals surface area contributed by atoms with Crippen molar-refractivity contribution < 1.29 is 9.47 Å². The molecule has 0 saturated heterocycles. The summed E-state index contributed by atoms with van der Waals surface area (Å²) >= 11 is 0. The van der Waals surface area contributed by atoms with Gasteiger partial charge in [-0.1, -0.05) is 0 Å². The molecule has 0 aromatic heterocycles. The van der Waals surface area contributed by atoms with Crippen LogP contribution in [0.3, 0.4) is 0 Å². The van der Waals surface area contributed by atoms with Crippen LogP contribution in [-0.4, -0.2) is 38.1 Å². The predicted molar refractivity (Wildman–Crippen MR) is 45.3 cm³/mol. The van der Waals surface area contributed by atoms with Crippen LogP contribution < -0.4 is 0 Å². The largest absolute Gasteiger partial charge is 0.343 e. The summed E-state index contributed by atoms with van der Waals surface area (Å²) < 4.78 is 10.6. The van der Waals surface area contributed by atoms with E-state index < -0.39 is 0 Å². The summed E-state index contributed by atoms with van der Waals surface area (Å²) in [6.45, 7) is 6.01. The van der Waals surface area contributed by atoms with Crippen LogP contribution in [0.4, 0.5) is 0 Å². The molecule has 0 aliphatic carbocycles. The predicted octanol–water partition coefficient (Wildman–Crippen LogP) is 1.29. The van der Waals surface area contributed by atoms with E-state index in [0.29, 0.717) is 0 Å². The maximum Gasteiger partial charge on any atom is 0.218 e. The van der Waals surface area contributed by atoms with E-state index in [1.165, 1.54) is 0 Å². The third-order valence-corrected chi connectivity index (χ3v) is 1.08. The fourth-order valence-corrected chi connectivity index (χ4v) is 0.667. The molecule has 1 atom stereocenters. The molecule has 0 aliphatic rings. The molecule has 0 aliphatic heterocycles. The zero-order chi connectivity index (χ0) is 9.07. The van der Waals surface area contributed by atoms with Crippen LogP contribution in [0, 0.1) is 0 Å². The van der Waals surface area contributed by atoms with Crippen molar-refractivity contribution in [3.8, 4) is 0 Å². The quantitative estimate of drug-likeness (QED) is 0.582. The summed E-state index contributed by atoms with van der Waals surface area (Å²) in [5.41, 5.74) is -0.162. The molecule has 0 N–H and O–H groups in total. The second-order valence-corrected chi connectivity index (χ2v) is 3.74. The van der Waals surface area contributed by atoms with Gasteiger partial charge in [-0.15, -0.1) is 0 Å². The Bertz CT molecular complexity index is 107. The molecule has 0 fully saturated rings. The molecule has 0 bridgehead atoms. The third kappa shape index (κ3) is 5.18. The minimum Gasteiger partial charge on any atom is -0.343 e. The van der Waals surface area contributed by atoms with Gasteiger partial charge >= 0.3 is 0 Å². The Hall–Kier alpha value is -0.120. The Kier molecular flexibility index (Phi) is 4.00. The van der Waals surface area contributed by atoms with Crippen molar-refractivity contribution in [2.24, 2.45) is 0 Å². The lowest BCUT2D eigenvalue weighted by atomic mass is 10.2. The van der Waals surface area contributed by atoms with Crippen molar-refractivity contribution >= 4 is 0 Å². The first-order chi connectivity index (χ1) is 4.87. The highest BCUT2D eigenvalue weighted by molar-refractivity contribution is 4.59. The lowest BCUT2D eigenvalue weighted by Gasteiger charge is -2.30. The average molecular weight is 161 g/mol. The summed E-state index contributed by atoms with van der Waals surface area (Å²) in [6.07, 6.45) is -0.255. The Morgan fingerprint density at radius 1 is 1.18 bits per heavy atom. The minimum atomic E-state index is -0.255. The van der Waals surface area contributed by atoms with Crippen LogP contribution in [-0.2, 0) is 9.47 Å². The van der Waals surface area contributed by atoms with E-state index in [4.69, 9.17) is 9.47 Å². The molecule has 0 spiro atoms. The van der Waals surface area contributed by atoms with Crippen LogP contribution in [0.25, 0.3) is 0 Å².